The molecule has 0 unspecified atom stereocenters. The van der Waals surface area contributed by atoms with E-state index in [1.165, 1.54) is 10.8 Å². The number of aliphatic hydroxyl groups excluding tert-OH is 1. The molecule has 0 bridgehead atoms. The number of aliphatic hydroxyl groups is 1. The Bertz CT molecular complexity index is 1810. The van der Waals surface area contributed by atoms with Gasteiger partial charge in [0.1, 0.15) is 0 Å². The molecular formula is C38H36N4O2+2. The highest BCUT2D eigenvalue weighted by atomic mass is 16.3. The summed E-state index contributed by atoms with van der Waals surface area (Å²) in [4.78, 5) is 7.71. The molecule has 2 N–H and O–H groups in total. The summed E-state index contributed by atoms with van der Waals surface area (Å²) in [5.74, 6) is 0.0390. The van der Waals surface area contributed by atoms with Crippen LogP contribution in [0.4, 0.5) is 0 Å². The van der Waals surface area contributed by atoms with E-state index in [1.807, 2.05) is 108 Å². The first-order valence-corrected chi connectivity index (χ1v) is 14.9. The maximum Gasteiger partial charge on any atom is 0.400 e. The van der Waals surface area contributed by atoms with Crippen molar-refractivity contribution in [3.05, 3.63) is 145 Å². The zero-order valence-corrected chi connectivity index (χ0v) is 25.0. The molecule has 0 aliphatic carbocycles. The van der Waals surface area contributed by atoms with Gasteiger partial charge in [0.05, 0.1) is 6.04 Å². The molecule has 2 heterocycles. The third-order valence-corrected chi connectivity index (χ3v) is 8.05. The van der Waals surface area contributed by atoms with E-state index in [0.29, 0.717) is 6.54 Å². The molecule has 6 nitrogen and oxygen atoms in total. The summed E-state index contributed by atoms with van der Waals surface area (Å²) in [5.41, 5.74) is 4.29. The van der Waals surface area contributed by atoms with Crippen molar-refractivity contribution in [3.8, 4) is 11.1 Å². The number of rotatable bonds is 9. The van der Waals surface area contributed by atoms with Crippen LogP contribution < -0.4 is 19.2 Å². The lowest BCUT2D eigenvalue weighted by Crippen LogP contribution is -2.75. The summed E-state index contributed by atoms with van der Waals surface area (Å²) >= 11 is 0. The van der Waals surface area contributed by atoms with Crippen molar-refractivity contribution >= 4 is 33.3 Å². The number of benzene rings is 4. The number of pyridine rings is 2. The maximum atomic E-state index is 12.8. The Kier molecular flexibility index (Phi) is 8.41. The molecule has 0 saturated carbocycles. The molecule has 6 rings (SSSR count). The highest BCUT2D eigenvalue weighted by Gasteiger charge is 2.18. The lowest BCUT2D eigenvalue weighted by Gasteiger charge is -2.15. The van der Waals surface area contributed by atoms with E-state index in [9.17, 15) is 10.2 Å². The van der Waals surface area contributed by atoms with Crippen LogP contribution in [0.3, 0.4) is 0 Å². The van der Waals surface area contributed by atoms with Crippen molar-refractivity contribution in [2.45, 2.75) is 39.0 Å². The van der Waals surface area contributed by atoms with Gasteiger partial charge in [-0.3, -0.25) is 4.99 Å². The van der Waals surface area contributed by atoms with Gasteiger partial charge in [0.25, 0.3) is 6.54 Å². The van der Waals surface area contributed by atoms with E-state index in [4.69, 9.17) is 0 Å². The van der Waals surface area contributed by atoms with Gasteiger partial charge in [-0.1, -0.05) is 84.9 Å². The third-order valence-electron chi connectivity index (χ3n) is 8.05. The van der Waals surface area contributed by atoms with Crippen molar-refractivity contribution in [1.82, 2.24) is 0 Å². The summed E-state index contributed by atoms with van der Waals surface area (Å²) in [6.45, 7) is 4.55. The van der Waals surface area contributed by atoms with E-state index in [-0.39, 0.29) is 30.4 Å². The van der Waals surface area contributed by atoms with Crippen molar-refractivity contribution in [2.75, 3.05) is 0 Å². The van der Waals surface area contributed by atoms with Crippen LogP contribution in [0.25, 0.3) is 32.7 Å². The Morgan fingerprint density at radius 3 is 1.73 bits per heavy atom. The van der Waals surface area contributed by atoms with Gasteiger partial charge >= 0.3 is 5.90 Å². The van der Waals surface area contributed by atoms with Crippen molar-refractivity contribution < 1.29 is 24.3 Å². The van der Waals surface area contributed by atoms with E-state index in [1.54, 1.807) is 0 Å². The fourth-order valence-electron chi connectivity index (χ4n) is 5.78. The lowest BCUT2D eigenvalue weighted by molar-refractivity contribution is -0.691. The van der Waals surface area contributed by atoms with E-state index in [0.717, 1.165) is 33.0 Å². The Morgan fingerprint density at radius 1 is 0.659 bits per heavy atom. The zero-order valence-electron chi connectivity index (χ0n) is 25.0. The standard InChI is InChI=1S/C38H34N4O2/c1-27(33-15-7-11-31-9-3-5-13-35(31)33)39-37(43)25-41-21-17-29(18-22-41)30-19-23-42(24-20-30)26-38(44)40-28(2)34-16-8-12-32-10-4-6-14-36(32)34/h3-24,27-28H,25-26H2,1-2H3/p+2/t27-,28-/m0/s1. The zero-order chi connectivity index (χ0) is 30.5. The van der Waals surface area contributed by atoms with Crippen LogP contribution >= 0.6 is 0 Å². The normalized spacial score (nSPS) is 13.7. The molecular weight excluding hydrogens is 544 g/mol. The summed E-state index contributed by atoms with van der Waals surface area (Å²) in [7, 11) is 0. The van der Waals surface area contributed by atoms with Gasteiger partial charge < -0.3 is 10.2 Å². The van der Waals surface area contributed by atoms with Gasteiger partial charge in [0.15, 0.2) is 37.4 Å². The number of aromatic nitrogens is 2. The van der Waals surface area contributed by atoms with Crippen LogP contribution in [0, 0.1) is 0 Å². The molecule has 2 aromatic heterocycles. The fourth-order valence-corrected chi connectivity index (χ4v) is 5.78. The second kappa shape index (κ2) is 12.9. The summed E-state index contributed by atoms with van der Waals surface area (Å²) in [6, 6.07) is 36.6. The number of fused-ring (bicyclic) bond motifs is 2. The average molecular weight is 581 g/mol. The van der Waals surface area contributed by atoms with Crippen LogP contribution in [0.1, 0.15) is 37.1 Å². The minimum absolute atomic E-state index is 0.0434. The highest BCUT2D eigenvalue weighted by Crippen LogP contribution is 2.26. The van der Waals surface area contributed by atoms with Gasteiger partial charge in [-0.15, -0.1) is 0 Å². The Balaban J connectivity index is 1.08. The summed E-state index contributed by atoms with van der Waals surface area (Å²) < 4.78 is 3.78. The number of hydrogen-bond donors (Lipinski definition) is 2. The number of aliphatic imine (C=N–C) groups is 1. The molecule has 2 atom stereocenters. The Hall–Kier alpha value is -5.36. The highest BCUT2D eigenvalue weighted by molar-refractivity contribution is 5.87. The van der Waals surface area contributed by atoms with Gasteiger partial charge in [0.2, 0.25) is 0 Å². The Labute approximate surface area is 257 Å². The predicted molar refractivity (Wildman–Crippen MR) is 173 cm³/mol. The second-order valence-corrected chi connectivity index (χ2v) is 11.2. The topological polar surface area (TPSA) is 77.4 Å². The molecule has 0 saturated heterocycles. The summed E-state index contributed by atoms with van der Waals surface area (Å²) in [5, 5.41) is 28.1. The first kappa shape index (κ1) is 28.7. The quantitative estimate of drug-likeness (QED) is 0.150. The minimum atomic E-state index is -0.224. The van der Waals surface area contributed by atoms with Gasteiger partial charge in [0, 0.05) is 42.7 Å². The molecule has 218 valence electrons. The molecule has 44 heavy (non-hydrogen) atoms. The first-order chi connectivity index (χ1) is 21.4. The molecule has 6 heteroatoms. The molecule has 4 aromatic carbocycles. The van der Waals surface area contributed by atoms with Crippen LogP contribution in [-0.2, 0) is 13.1 Å². The first-order valence-electron chi connectivity index (χ1n) is 14.9. The predicted octanol–water partition coefficient (Wildman–Crippen LogP) is 4.55. The molecule has 0 aliphatic heterocycles. The van der Waals surface area contributed by atoms with Crippen LogP contribution in [0.15, 0.2) is 139 Å². The lowest BCUT2D eigenvalue weighted by atomic mass is 10.00. The Morgan fingerprint density at radius 2 is 1.14 bits per heavy atom. The smallest absolute Gasteiger partial charge is 0.400 e. The maximum absolute atomic E-state index is 12.8. The number of hydrogen-bond acceptors (Lipinski definition) is 2. The van der Waals surface area contributed by atoms with E-state index < -0.39 is 0 Å². The fraction of sp³-hybridized carbons (Fsp3) is 0.158. The summed E-state index contributed by atoms with van der Waals surface area (Å²) in [6.07, 6.45) is 7.72. The number of nitrogens with one attached hydrogen (secondary N) is 1. The average Bonchev–Trinajstić information content (AvgIpc) is 3.04. The van der Waals surface area contributed by atoms with Gasteiger partial charge in [-0.2, -0.15) is 4.57 Å². The second-order valence-electron chi connectivity index (χ2n) is 11.2. The van der Waals surface area contributed by atoms with Crippen LogP contribution in [0.2, 0.25) is 0 Å². The van der Waals surface area contributed by atoms with Crippen molar-refractivity contribution in [3.63, 3.8) is 0 Å². The molecule has 0 amide bonds. The molecule has 0 spiro atoms. The van der Waals surface area contributed by atoms with Crippen LogP contribution in [0.5, 0.6) is 0 Å². The van der Waals surface area contributed by atoms with Crippen LogP contribution in [-0.4, -0.2) is 16.9 Å². The third kappa shape index (κ3) is 6.50. The van der Waals surface area contributed by atoms with E-state index in [2.05, 4.69) is 59.4 Å². The molecule has 0 fully saturated rings. The SMILES string of the molecule is C[C@H](N=C([O-])C[n+]1ccc(-c2cc[n+](CC(O)=[NH+][C@@H](C)c3cccc4ccccc34)cc2)cc1)c1cccc2ccccc12. The monoisotopic (exact) mass is 580 g/mol. The van der Waals surface area contributed by atoms with Gasteiger partial charge in [-0.25, -0.2) is 9.56 Å². The molecule has 6 aromatic rings. The van der Waals surface area contributed by atoms with Crippen molar-refractivity contribution in [2.24, 2.45) is 4.99 Å². The molecule has 0 radical (unpaired) electrons. The van der Waals surface area contributed by atoms with E-state index >= 15 is 0 Å². The number of nitrogens with zero attached hydrogens (tertiary/aromatic N) is 3. The minimum Gasteiger partial charge on any atom is -0.858 e. The van der Waals surface area contributed by atoms with Gasteiger partial charge in [-0.05, 0) is 45.2 Å². The largest absolute Gasteiger partial charge is 0.858 e. The van der Waals surface area contributed by atoms with Crippen molar-refractivity contribution in [1.29, 1.82) is 0 Å². The molecule has 0 aliphatic rings.